The van der Waals surface area contributed by atoms with Crippen molar-refractivity contribution in [3.05, 3.63) is 0 Å². The molecule has 0 bridgehead atoms. The van der Waals surface area contributed by atoms with Gasteiger partial charge in [0.1, 0.15) is 0 Å². The Balaban J connectivity index is 1.56. The molecule has 1 saturated carbocycles. The molecule has 0 aromatic rings. The van der Waals surface area contributed by atoms with Crippen molar-refractivity contribution in [2.45, 2.75) is 63.5 Å². The Morgan fingerprint density at radius 2 is 1.94 bits per heavy atom. The van der Waals surface area contributed by atoms with E-state index in [-0.39, 0.29) is 5.60 Å². The maximum absolute atomic E-state index is 6.04. The van der Waals surface area contributed by atoms with Crippen molar-refractivity contribution in [2.24, 2.45) is 11.1 Å². The number of likely N-dealkylation sites (tertiary alicyclic amines) is 1. The average molecular weight is 252 g/mol. The van der Waals surface area contributed by atoms with Gasteiger partial charge in [0.15, 0.2) is 0 Å². The van der Waals surface area contributed by atoms with E-state index in [1.807, 2.05) is 0 Å². The Hall–Kier alpha value is -0.120. The normalized spacial score (nSPS) is 35.3. The van der Waals surface area contributed by atoms with Gasteiger partial charge in [0.05, 0.1) is 5.60 Å². The molecule has 2 N–H and O–H groups in total. The monoisotopic (exact) mass is 252 g/mol. The number of nitrogens with zero attached hydrogens (tertiary/aromatic N) is 1. The smallest absolute Gasteiger partial charge is 0.0697 e. The maximum atomic E-state index is 6.04. The number of rotatable bonds is 2. The Labute approximate surface area is 111 Å². The number of piperidine rings is 1. The highest BCUT2D eigenvalue weighted by Gasteiger charge is 2.44. The second-order valence-corrected chi connectivity index (χ2v) is 7.08. The molecule has 2 saturated heterocycles. The molecule has 1 spiro atoms. The van der Waals surface area contributed by atoms with E-state index in [0.717, 1.165) is 19.2 Å². The molecule has 2 heterocycles. The molecular formula is C15H28N2O. The largest absolute Gasteiger partial charge is 0.375 e. The predicted molar refractivity (Wildman–Crippen MR) is 73.5 cm³/mol. The molecule has 3 nitrogen and oxygen atoms in total. The van der Waals surface area contributed by atoms with Gasteiger partial charge in [-0.15, -0.1) is 0 Å². The first-order valence-electron chi connectivity index (χ1n) is 7.73. The lowest BCUT2D eigenvalue weighted by Crippen LogP contribution is -2.54. The minimum absolute atomic E-state index is 0.289. The van der Waals surface area contributed by atoms with Crippen LogP contribution in [0.1, 0.15) is 51.9 Å². The third-order valence-corrected chi connectivity index (χ3v) is 5.75. The molecule has 3 fully saturated rings. The fourth-order valence-corrected chi connectivity index (χ4v) is 3.87. The van der Waals surface area contributed by atoms with E-state index in [2.05, 4.69) is 11.8 Å². The molecule has 0 amide bonds. The van der Waals surface area contributed by atoms with Gasteiger partial charge in [-0.1, -0.05) is 6.92 Å². The molecule has 3 rings (SSSR count). The van der Waals surface area contributed by atoms with Gasteiger partial charge in [-0.25, -0.2) is 0 Å². The number of hydrogen-bond acceptors (Lipinski definition) is 3. The van der Waals surface area contributed by atoms with Crippen LogP contribution in [0.4, 0.5) is 0 Å². The molecule has 18 heavy (non-hydrogen) atoms. The maximum Gasteiger partial charge on any atom is 0.0697 e. The molecule has 104 valence electrons. The van der Waals surface area contributed by atoms with E-state index in [1.165, 1.54) is 58.0 Å². The lowest BCUT2D eigenvalue weighted by atomic mass is 9.73. The highest BCUT2D eigenvalue weighted by atomic mass is 16.5. The van der Waals surface area contributed by atoms with E-state index in [9.17, 15) is 0 Å². The standard InChI is InChI=1S/C15H28N2O/c1-14(12-16)6-8-17(9-7-14)13-3-10-18-15(11-13)4-2-5-15/h13H,2-12,16H2,1H3. The zero-order valence-electron chi connectivity index (χ0n) is 11.8. The van der Waals surface area contributed by atoms with E-state index in [0.29, 0.717) is 5.41 Å². The summed E-state index contributed by atoms with van der Waals surface area (Å²) < 4.78 is 6.04. The third-order valence-electron chi connectivity index (χ3n) is 5.75. The van der Waals surface area contributed by atoms with Crippen molar-refractivity contribution < 1.29 is 4.74 Å². The summed E-state index contributed by atoms with van der Waals surface area (Å²) in [5.41, 5.74) is 6.58. The van der Waals surface area contributed by atoms with Crippen LogP contribution in [0.25, 0.3) is 0 Å². The van der Waals surface area contributed by atoms with Crippen molar-refractivity contribution in [1.29, 1.82) is 0 Å². The van der Waals surface area contributed by atoms with Gasteiger partial charge in [0, 0.05) is 12.6 Å². The second kappa shape index (κ2) is 4.77. The highest BCUT2D eigenvalue weighted by molar-refractivity contribution is 4.97. The van der Waals surface area contributed by atoms with Crippen molar-refractivity contribution in [2.75, 3.05) is 26.2 Å². The molecule has 1 atom stereocenters. The van der Waals surface area contributed by atoms with Crippen LogP contribution in [0.2, 0.25) is 0 Å². The van der Waals surface area contributed by atoms with E-state index in [4.69, 9.17) is 10.5 Å². The SMILES string of the molecule is CC1(CN)CCN(C2CCOC3(CCC3)C2)CC1. The van der Waals surface area contributed by atoms with Crippen LogP contribution in [0.5, 0.6) is 0 Å². The molecule has 0 aromatic carbocycles. The molecule has 3 heteroatoms. The van der Waals surface area contributed by atoms with E-state index >= 15 is 0 Å². The summed E-state index contributed by atoms with van der Waals surface area (Å²) in [6.07, 6.45) is 9.04. The van der Waals surface area contributed by atoms with Crippen LogP contribution in [-0.2, 0) is 4.74 Å². The van der Waals surface area contributed by atoms with Crippen LogP contribution in [0.15, 0.2) is 0 Å². The molecule has 1 aliphatic carbocycles. The van der Waals surface area contributed by atoms with Crippen LogP contribution in [0.3, 0.4) is 0 Å². The zero-order chi connectivity index (χ0) is 12.6. The van der Waals surface area contributed by atoms with Gasteiger partial charge < -0.3 is 15.4 Å². The molecule has 0 radical (unpaired) electrons. The summed E-state index contributed by atoms with van der Waals surface area (Å²) >= 11 is 0. The Morgan fingerprint density at radius 3 is 2.50 bits per heavy atom. The fraction of sp³-hybridized carbons (Fsp3) is 1.00. The summed E-state index contributed by atoms with van der Waals surface area (Å²) in [5, 5.41) is 0. The minimum atomic E-state index is 0.289. The number of nitrogens with two attached hydrogens (primary N) is 1. The number of ether oxygens (including phenoxy) is 1. The first-order chi connectivity index (χ1) is 8.65. The third kappa shape index (κ3) is 2.33. The lowest BCUT2D eigenvalue weighted by molar-refractivity contribution is -0.151. The molecule has 2 aliphatic heterocycles. The quantitative estimate of drug-likeness (QED) is 0.818. The van der Waals surface area contributed by atoms with Crippen LogP contribution < -0.4 is 5.73 Å². The summed E-state index contributed by atoms with van der Waals surface area (Å²) in [7, 11) is 0. The second-order valence-electron chi connectivity index (χ2n) is 7.08. The van der Waals surface area contributed by atoms with Crippen molar-refractivity contribution in [1.82, 2.24) is 4.90 Å². The average Bonchev–Trinajstić information content (AvgIpc) is 2.38. The van der Waals surface area contributed by atoms with E-state index < -0.39 is 0 Å². The van der Waals surface area contributed by atoms with Crippen molar-refractivity contribution >= 4 is 0 Å². The van der Waals surface area contributed by atoms with Crippen molar-refractivity contribution in [3.63, 3.8) is 0 Å². The highest BCUT2D eigenvalue weighted by Crippen LogP contribution is 2.44. The van der Waals surface area contributed by atoms with Gasteiger partial charge in [0.2, 0.25) is 0 Å². The first-order valence-corrected chi connectivity index (χ1v) is 7.73. The summed E-state index contributed by atoms with van der Waals surface area (Å²) in [6.45, 7) is 6.67. The van der Waals surface area contributed by atoms with Crippen LogP contribution in [-0.4, -0.2) is 42.8 Å². The van der Waals surface area contributed by atoms with Crippen LogP contribution >= 0.6 is 0 Å². The summed E-state index contributed by atoms with van der Waals surface area (Å²) in [5.74, 6) is 0. The van der Waals surface area contributed by atoms with Gasteiger partial charge in [-0.2, -0.15) is 0 Å². The zero-order valence-corrected chi connectivity index (χ0v) is 11.8. The predicted octanol–water partition coefficient (Wildman–Crippen LogP) is 2.15. The first kappa shape index (κ1) is 12.9. The summed E-state index contributed by atoms with van der Waals surface area (Å²) in [4.78, 5) is 2.72. The lowest BCUT2D eigenvalue weighted by Gasteiger charge is -2.51. The molecule has 0 aromatic heterocycles. The summed E-state index contributed by atoms with van der Waals surface area (Å²) in [6, 6.07) is 0.779. The Bertz CT molecular complexity index is 293. The van der Waals surface area contributed by atoms with Crippen molar-refractivity contribution in [3.8, 4) is 0 Å². The van der Waals surface area contributed by atoms with E-state index in [1.54, 1.807) is 0 Å². The topological polar surface area (TPSA) is 38.5 Å². The van der Waals surface area contributed by atoms with Gasteiger partial charge in [-0.3, -0.25) is 0 Å². The fourth-order valence-electron chi connectivity index (χ4n) is 3.87. The molecule has 3 aliphatic rings. The minimum Gasteiger partial charge on any atom is -0.375 e. The molecular weight excluding hydrogens is 224 g/mol. The van der Waals surface area contributed by atoms with Gasteiger partial charge in [0.25, 0.3) is 0 Å². The van der Waals surface area contributed by atoms with Crippen LogP contribution in [0, 0.1) is 5.41 Å². The molecule has 1 unspecified atom stereocenters. The van der Waals surface area contributed by atoms with Gasteiger partial charge in [-0.05, 0) is 70.0 Å². The van der Waals surface area contributed by atoms with Gasteiger partial charge >= 0.3 is 0 Å². The number of hydrogen-bond donors (Lipinski definition) is 1. The Morgan fingerprint density at radius 1 is 1.22 bits per heavy atom. The Kier molecular flexibility index (Phi) is 3.41.